The number of rotatable bonds is 5. The first-order chi connectivity index (χ1) is 9.10. The van der Waals surface area contributed by atoms with Gasteiger partial charge in [0.15, 0.2) is 0 Å². The summed E-state index contributed by atoms with van der Waals surface area (Å²) in [4.78, 5) is 10.7. The molecule has 0 bridgehead atoms. The molecule has 19 heavy (non-hydrogen) atoms. The van der Waals surface area contributed by atoms with Crippen LogP contribution in [0, 0.1) is 6.92 Å². The third-order valence-corrected chi connectivity index (χ3v) is 2.71. The van der Waals surface area contributed by atoms with E-state index in [0.29, 0.717) is 12.3 Å². The molecule has 0 aliphatic rings. The van der Waals surface area contributed by atoms with E-state index in [1.807, 2.05) is 25.1 Å². The van der Waals surface area contributed by atoms with Gasteiger partial charge in [0.25, 0.3) is 0 Å². The molecule has 5 nitrogen and oxygen atoms in total. The maximum Gasteiger partial charge on any atom is 0.338 e. The van der Waals surface area contributed by atoms with Gasteiger partial charge in [-0.05, 0) is 30.7 Å². The predicted molar refractivity (Wildman–Crippen MR) is 70.7 cm³/mol. The Balaban J connectivity index is 2.07. The number of carboxylic acids is 1. The minimum Gasteiger partial charge on any atom is -0.495 e. The highest BCUT2D eigenvalue weighted by molar-refractivity contribution is 5.87. The lowest BCUT2D eigenvalue weighted by molar-refractivity contribution is 0.0696. The minimum atomic E-state index is -0.997. The summed E-state index contributed by atoms with van der Waals surface area (Å²) in [6.45, 7) is 2.38. The van der Waals surface area contributed by atoms with Crippen LogP contribution >= 0.6 is 0 Å². The van der Waals surface area contributed by atoms with Crippen molar-refractivity contribution in [3.63, 3.8) is 0 Å². The van der Waals surface area contributed by atoms with Crippen LogP contribution < -0.4 is 10.1 Å². The van der Waals surface area contributed by atoms with Crippen molar-refractivity contribution >= 4 is 11.7 Å². The minimum absolute atomic E-state index is 0.146. The van der Waals surface area contributed by atoms with Crippen LogP contribution in [0.15, 0.2) is 34.9 Å². The molecule has 1 aromatic heterocycles. The number of nitrogens with one attached hydrogen (secondary N) is 1. The Morgan fingerprint density at radius 1 is 1.42 bits per heavy atom. The predicted octanol–water partition coefficient (Wildman–Crippen LogP) is 2.91. The monoisotopic (exact) mass is 261 g/mol. The van der Waals surface area contributed by atoms with Crippen LogP contribution in [0.2, 0.25) is 0 Å². The summed E-state index contributed by atoms with van der Waals surface area (Å²) in [5.41, 5.74) is 2.09. The molecule has 2 rings (SSSR count). The lowest BCUT2D eigenvalue weighted by Gasteiger charge is -2.10. The normalized spacial score (nSPS) is 10.2. The van der Waals surface area contributed by atoms with E-state index in [0.717, 1.165) is 17.0 Å². The molecule has 0 unspecified atom stereocenters. The van der Waals surface area contributed by atoms with Gasteiger partial charge in [0.05, 0.1) is 24.9 Å². The lowest BCUT2D eigenvalue weighted by atomic mass is 10.2. The molecule has 0 spiro atoms. The molecule has 0 atom stereocenters. The van der Waals surface area contributed by atoms with Gasteiger partial charge in [-0.25, -0.2) is 4.79 Å². The summed E-state index contributed by atoms with van der Waals surface area (Å²) in [6.07, 6.45) is 1.23. The number of anilines is 1. The number of furan rings is 1. The largest absolute Gasteiger partial charge is 0.495 e. The first-order valence-electron chi connectivity index (χ1n) is 5.79. The van der Waals surface area contributed by atoms with E-state index in [4.69, 9.17) is 14.3 Å². The highest BCUT2D eigenvalue weighted by atomic mass is 16.5. The second kappa shape index (κ2) is 5.48. The maximum atomic E-state index is 10.7. The Morgan fingerprint density at radius 3 is 2.84 bits per heavy atom. The molecule has 2 aromatic rings. The molecule has 1 heterocycles. The number of hydrogen-bond acceptors (Lipinski definition) is 4. The number of ether oxygens (including phenoxy) is 1. The topological polar surface area (TPSA) is 71.7 Å². The van der Waals surface area contributed by atoms with Crippen molar-refractivity contribution in [1.82, 2.24) is 0 Å². The van der Waals surface area contributed by atoms with Crippen molar-refractivity contribution in [1.29, 1.82) is 0 Å². The van der Waals surface area contributed by atoms with Gasteiger partial charge in [0.1, 0.15) is 17.8 Å². The zero-order valence-electron chi connectivity index (χ0n) is 10.8. The summed E-state index contributed by atoms with van der Waals surface area (Å²) in [5, 5.41) is 11.9. The Hall–Kier alpha value is -2.43. The van der Waals surface area contributed by atoms with Crippen LogP contribution in [-0.2, 0) is 6.54 Å². The number of hydrogen-bond donors (Lipinski definition) is 2. The van der Waals surface area contributed by atoms with Crippen LogP contribution in [0.5, 0.6) is 5.75 Å². The third-order valence-electron chi connectivity index (χ3n) is 2.71. The molecule has 0 saturated carbocycles. The van der Waals surface area contributed by atoms with Gasteiger partial charge in [-0.1, -0.05) is 6.07 Å². The summed E-state index contributed by atoms with van der Waals surface area (Å²) >= 11 is 0. The Kier molecular flexibility index (Phi) is 3.75. The van der Waals surface area contributed by atoms with Gasteiger partial charge in [-0.15, -0.1) is 0 Å². The summed E-state index contributed by atoms with van der Waals surface area (Å²) in [6, 6.07) is 7.30. The average Bonchev–Trinajstić information content (AvgIpc) is 2.86. The standard InChI is InChI=1S/C14H15NO4/c1-9-3-4-12(13(5-9)18-2)15-7-11-6-10(8-19-11)14(16)17/h3-6,8,15H,7H2,1-2H3,(H,16,17). The van der Waals surface area contributed by atoms with Crippen molar-refractivity contribution in [2.45, 2.75) is 13.5 Å². The number of benzene rings is 1. The number of aromatic carboxylic acids is 1. The molecule has 100 valence electrons. The Morgan fingerprint density at radius 2 is 2.21 bits per heavy atom. The number of aryl methyl sites for hydroxylation is 1. The van der Waals surface area contributed by atoms with Crippen LogP contribution in [0.1, 0.15) is 21.7 Å². The fourth-order valence-electron chi connectivity index (χ4n) is 1.71. The molecular weight excluding hydrogens is 246 g/mol. The molecule has 0 aliphatic carbocycles. The fourth-order valence-corrected chi connectivity index (χ4v) is 1.71. The van der Waals surface area contributed by atoms with E-state index in [-0.39, 0.29) is 5.56 Å². The summed E-state index contributed by atoms with van der Waals surface area (Å²) < 4.78 is 10.4. The molecule has 2 N–H and O–H groups in total. The second-order valence-electron chi connectivity index (χ2n) is 4.16. The summed E-state index contributed by atoms with van der Waals surface area (Å²) in [7, 11) is 1.61. The van der Waals surface area contributed by atoms with Gasteiger partial charge in [-0.2, -0.15) is 0 Å². The highest BCUT2D eigenvalue weighted by Crippen LogP contribution is 2.25. The van der Waals surface area contributed by atoms with Crippen molar-refractivity contribution in [3.05, 3.63) is 47.4 Å². The summed E-state index contributed by atoms with van der Waals surface area (Å²) in [5.74, 6) is 0.299. The molecular formula is C14H15NO4. The molecule has 0 amide bonds. The lowest BCUT2D eigenvalue weighted by Crippen LogP contribution is -2.01. The van der Waals surface area contributed by atoms with Gasteiger partial charge in [0.2, 0.25) is 0 Å². The molecule has 5 heteroatoms. The average molecular weight is 261 g/mol. The van der Waals surface area contributed by atoms with Crippen LogP contribution in [0.3, 0.4) is 0 Å². The molecule has 1 aromatic carbocycles. The molecule has 0 fully saturated rings. The maximum absolute atomic E-state index is 10.7. The van der Waals surface area contributed by atoms with Crippen molar-refractivity contribution in [3.8, 4) is 5.75 Å². The van der Waals surface area contributed by atoms with Gasteiger partial charge in [-0.3, -0.25) is 0 Å². The quantitative estimate of drug-likeness (QED) is 0.865. The smallest absolute Gasteiger partial charge is 0.338 e. The van der Waals surface area contributed by atoms with E-state index >= 15 is 0 Å². The molecule has 0 aliphatic heterocycles. The number of carboxylic acid groups (broad SMARTS) is 1. The zero-order chi connectivity index (χ0) is 13.8. The van der Waals surface area contributed by atoms with Crippen LogP contribution in [-0.4, -0.2) is 18.2 Å². The highest BCUT2D eigenvalue weighted by Gasteiger charge is 2.09. The molecule has 0 radical (unpaired) electrons. The Bertz CT molecular complexity index is 589. The number of carbonyl (C=O) groups is 1. The van der Waals surface area contributed by atoms with Crippen molar-refractivity contribution in [2.24, 2.45) is 0 Å². The second-order valence-corrected chi connectivity index (χ2v) is 4.16. The Labute approximate surface area is 110 Å². The first kappa shape index (κ1) is 13.0. The first-order valence-corrected chi connectivity index (χ1v) is 5.79. The van der Waals surface area contributed by atoms with E-state index in [1.54, 1.807) is 7.11 Å². The SMILES string of the molecule is COc1cc(C)ccc1NCc1cc(C(=O)O)co1. The van der Waals surface area contributed by atoms with E-state index < -0.39 is 5.97 Å². The van der Waals surface area contributed by atoms with Crippen molar-refractivity contribution in [2.75, 3.05) is 12.4 Å². The van der Waals surface area contributed by atoms with E-state index in [1.165, 1.54) is 12.3 Å². The molecule has 0 saturated heterocycles. The van der Waals surface area contributed by atoms with Gasteiger partial charge >= 0.3 is 5.97 Å². The van der Waals surface area contributed by atoms with Crippen molar-refractivity contribution < 1.29 is 19.1 Å². The third kappa shape index (κ3) is 3.07. The van der Waals surface area contributed by atoms with Crippen LogP contribution in [0.4, 0.5) is 5.69 Å². The zero-order valence-corrected chi connectivity index (χ0v) is 10.8. The number of methoxy groups -OCH3 is 1. The van der Waals surface area contributed by atoms with E-state index in [9.17, 15) is 4.79 Å². The van der Waals surface area contributed by atoms with Crippen LogP contribution in [0.25, 0.3) is 0 Å². The van der Waals surface area contributed by atoms with E-state index in [2.05, 4.69) is 5.32 Å². The van der Waals surface area contributed by atoms with Gasteiger partial charge in [0, 0.05) is 0 Å². The fraction of sp³-hybridized carbons (Fsp3) is 0.214. The van der Waals surface area contributed by atoms with Gasteiger partial charge < -0.3 is 19.6 Å².